The molecule has 2 aliphatic heterocycles. The first-order valence-electron chi connectivity index (χ1n) is 8.63. The van der Waals surface area contributed by atoms with Gasteiger partial charge in [-0.3, -0.25) is 4.79 Å². The van der Waals surface area contributed by atoms with Gasteiger partial charge in [0.25, 0.3) is 5.91 Å². The second kappa shape index (κ2) is 5.41. The van der Waals surface area contributed by atoms with Crippen molar-refractivity contribution in [3.8, 4) is 5.69 Å². The summed E-state index contributed by atoms with van der Waals surface area (Å²) in [5.41, 5.74) is 2.21. The number of hydrogen-bond donors (Lipinski definition) is 2. The summed E-state index contributed by atoms with van der Waals surface area (Å²) in [6.45, 7) is 5.72. The summed E-state index contributed by atoms with van der Waals surface area (Å²) in [4.78, 5) is 13.0. The number of para-hydroxylation sites is 1. The van der Waals surface area contributed by atoms with Gasteiger partial charge in [0.05, 0.1) is 46.5 Å². The number of nitrogens with one attached hydrogen (secondary N) is 1. The average Bonchev–Trinajstić information content (AvgIpc) is 3.12. The maximum absolute atomic E-state index is 13.0. The summed E-state index contributed by atoms with van der Waals surface area (Å²) < 4.78 is 7.66. The van der Waals surface area contributed by atoms with Crippen LogP contribution >= 0.6 is 0 Å². The number of fused-ring (bicyclic) bond motifs is 1. The molecule has 3 aliphatic rings. The highest BCUT2D eigenvalue weighted by Gasteiger charge is 2.66. The molecule has 132 valence electrons. The lowest BCUT2D eigenvalue weighted by Crippen LogP contribution is -2.62. The molecule has 1 aromatic carbocycles. The maximum Gasteiger partial charge on any atom is 0.255 e. The molecule has 0 radical (unpaired) electrons. The van der Waals surface area contributed by atoms with E-state index in [2.05, 4.69) is 10.4 Å². The fourth-order valence-corrected chi connectivity index (χ4v) is 4.38. The Morgan fingerprint density at radius 1 is 1.36 bits per heavy atom. The van der Waals surface area contributed by atoms with Crippen LogP contribution in [0.2, 0.25) is 0 Å². The topological polar surface area (TPSA) is 76.4 Å². The van der Waals surface area contributed by atoms with Crippen molar-refractivity contribution in [2.24, 2.45) is 0 Å². The molecule has 0 spiro atoms. The van der Waals surface area contributed by atoms with Crippen molar-refractivity contribution in [2.45, 2.75) is 50.9 Å². The van der Waals surface area contributed by atoms with Gasteiger partial charge in [0.15, 0.2) is 0 Å². The van der Waals surface area contributed by atoms with E-state index >= 15 is 0 Å². The lowest BCUT2D eigenvalue weighted by atomic mass is 9.66. The van der Waals surface area contributed by atoms with Crippen molar-refractivity contribution in [2.75, 3.05) is 6.61 Å². The van der Waals surface area contributed by atoms with E-state index in [0.29, 0.717) is 24.1 Å². The molecule has 3 heterocycles. The number of nitrogens with zero attached hydrogens (tertiary/aromatic N) is 2. The third kappa shape index (κ3) is 2.32. The number of carbonyl (C=O) groups excluding carboxylic acids is 1. The second-order valence-electron chi connectivity index (χ2n) is 7.36. The second-order valence-corrected chi connectivity index (χ2v) is 7.36. The molecule has 3 fully saturated rings. The Morgan fingerprint density at radius 3 is 2.64 bits per heavy atom. The minimum Gasteiger partial charge on any atom is -0.393 e. The van der Waals surface area contributed by atoms with Gasteiger partial charge in [0, 0.05) is 12.8 Å². The lowest BCUT2D eigenvalue weighted by molar-refractivity contribution is -0.0612. The molecule has 25 heavy (non-hydrogen) atoms. The van der Waals surface area contributed by atoms with Crippen LogP contribution in [0.5, 0.6) is 0 Å². The van der Waals surface area contributed by atoms with E-state index in [1.807, 2.05) is 51.1 Å². The van der Waals surface area contributed by atoms with Gasteiger partial charge in [0.1, 0.15) is 0 Å². The Kier molecular flexibility index (Phi) is 3.53. The van der Waals surface area contributed by atoms with Crippen LogP contribution in [0.4, 0.5) is 0 Å². The monoisotopic (exact) mass is 341 g/mol. The van der Waals surface area contributed by atoms with Crippen LogP contribution in [-0.4, -0.2) is 44.6 Å². The van der Waals surface area contributed by atoms with E-state index in [4.69, 9.17) is 4.74 Å². The van der Waals surface area contributed by atoms with Crippen molar-refractivity contribution in [1.29, 1.82) is 0 Å². The Labute approximate surface area is 146 Å². The van der Waals surface area contributed by atoms with Gasteiger partial charge in [-0.05, 0) is 32.9 Å². The molecule has 6 heteroatoms. The molecular weight excluding hydrogens is 318 g/mol. The van der Waals surface area contributed by atoms with E-state index in [-0.39, 0.29) is 24.2 Å². The van der Waals surface area contributed by atoms with E-state index in [1.54, 1.807) is 4.68 Å². The first-order chi connectivity index (χ1) is 11.9. The minimum absolute atomic E-state index is 0.00104. The molecule has 2 saturated heterocycles. The van der Waals surface area contributed by atoms with Gasteiger partial charge in [0.2, 0.25) is 0 Å². The SMILES string of the molecule is Cc1nn(-c2ccccc2)c(C)c1C(=O)NC12CC(CO)(C1)OC2C. The summed E-state index contributed by atoms with van der Waals surface area (Å²) in [5, 5.41) is 17.2. The number of rotatable bonds is 4. The van der Waals surface area contributed by atoms with Crippen molar-refractivity contribution < 1.29 is 14.6 Å². The van der Waals surface area contributed by atoms with Crippen LogP contribution in [0.25, 0.3) is 5.69 Å². The van der Waals surface area contributed by atoms with Gasteiger partial charge < -0.3 is 15.2 Å². The van der Waals surface area contributed by atoms with E-state index in [9.17, 15) is 9.90 Å². The zero-order valence-corrected chi connectivity index (χ0v) is 14.7. The first-order valence-corrected chi connectivity index (χ1v) is 8.63. The molecule has 1 amide bonds. The van der Waals surface area contributed by atoms with Crippen LogP contribution in [0.15, 0.2) is 30.3 Å². The molecular formula is C19H23N3O3. The number of carbonyl (C=O) groups is 1. The largest absolute Gasteiger partial charge is 0.393 e. The number of hydrogen-bond acceptors (Lipinski definition) is 4. The first kappa shape index (κ1) is 16.3. The van der Waals surface area contributed by atoms with Crippen LogP contribution in [0, 0.1) is 13.8 Å². The standard InChI is InChI=1S/C19H23N3O3/c1-12-16(13(2)22(21-12)15-7-5-4-6-8-15)17(24)20-19-9-18(10-19,11-23)25-14(19)3/h4-8,14,23H,9-11H2,1-3H3,(H,20,24). The number of amides is 1. The van der Waals surface area contributed by atoms with Gasteiger partial charge >= 0.3 is 0 Å². The molecule has 1 unspecified atom stereocenters. The van der Waals surface area contributed by atoms with Crippen LogP contribution in [0.3, 0.4) is 0 Å². The zero-order chi connectivity index (χ0) is 17.8. The van der Waals surface area contributed by atoms with E-state index < -0.39 is 5.60 Å². The third-order valence-corrected chi connectivity index (χ3v) is 5.65. The highest BCUT2D eigenvalue weighted by Crippen LogP contribution is 2.55. The predicted molar refractivity (Wildman–Crippen MR) is 92.8 cm³/mol. The molecule has 1 aromatic heterocycles. The molecule has 6 nitrogen and oxygen atoms in total. The zero-order valence-electron chi connectivity index (χ0n) is 14.7. The van der Waals surface area contributed by atoms with Crippen LogP contribution in [-0.2, 0) is 4.74 Å². The number of aromatic nitrogens is 2. The van der Waals surface area contributed by atoms with Gasteiger partial charge in [-0.1, -0.05) is 18.2 Å². The van der Waals surface area contributed by atoms with E-state index in [1.165, 1.54) is 0 Å². The number of aliphatic hydroxyl groups excluding tert-OH is 1. The van der Waals surface area contributed by atoms with Gasteiger partial charge in [-0.15, -0.1) is 0 Å². The number of aryl methyl sites for hydroxylation is 1. The van der Waals surface area contributed by atoms with Crippen molar-refractivity contribution in [3.05, 3.63) is 47.3 Å². The average molecular weight is 341 g/mol. The van der Waals surface area contributed by atoms with Crippen molar-refractivity contribution in [3.63, 3.8) is 0 Å². The Morgan fingerprint density at radius 2 is 2.04 bits per heavy atom. The molecule has 5 rings (SSSR count). The molecule has 1 saturated carbocycles. The highest BCUT2D eigenvalue weighted by atomic mass is 16.5. The fraction of sp³-hybridized carbons (Fsp3) is 0.474. The summed E-state index contributed by atoms with van der Waals surface area (Å²) in [5.74, 6) is -0.124. The van der Waals surface area contributed by atoms with Crippen LogP contribution in [0.1, 0.15) is 41.5 Å². The number of benzene rings is 1. The Balaban J connectivity index is 1.61. The van der Waals surface area contributed by atoms with Crippen LogP contribution < -0.4 is 5.32 Å². The smallest absolute Gasteiger partial charge is 0.255 e. The molecule has 1 aliphatic carbocycles. The lowest BCUT2D eigenvalue weighted by Gasteiger charge is -2.44. The summed E-state index contributed by atoms with van der Waals surface area (Å²) in [6, 6.07) is 9.78. The fourth-order valence-electron chi connectivity index (χ4n) is 4.38. The van der Waals surface area contributed by atoms with Crippen molar-refractivity contribution >= 4 is 5.91 Å². The summed E-state index contributed by atoms with van der Waals surface area (Å²) in [7, 11) is 0. The molecule has 2 N–H and O–H groups in total. The molecule has 1 atom stereocenters. The summed E-state index contributed by atoms with van der Waals surface area (Å²) >= 11 is 0. The van der Waals surface area contributed by atoms with Crippen molar-refractivity contribution in [1.82, 2.24) is 15.1 Å². The maximum atomic E-state index is 13.0. The highest BCUT2D eigenvalue weighted by molar-refractivity contribution is 5.97. The van der Waals surface area contributed by atoms with Gasteiger partial charge in [-0.25, -0.2) is 4.68 Å². The quantitative estimate of drug-likeness (QED) is 0.890. The normalized spacial score (nSPS) is 30.2. The third-order valence-electron chi connectivity index (χ3n) is 5.65. The number of ether oxygens (including phenoxy) is 1. The Hall–Kier alpha value is -2.18. The molecule has 2 bridgehead atoms. The number of aliphatic hydroxyl groups is 1. The molecule has 2 aromatic rings. The summed E-state index contributed by atoms with van der Waals surface area (Å²) in [6.07, 6.45) is 1.22. The van der Waals surface area contributed by atoms with E-state index in [0.717, 1.165) is 11.4 Å². The predicted octanol–water partition coefficient (Wildman–Crippen LogP) is 1.90. The Bertz CT molecular complexity index is 822. The minimum atomic E-state index is -0.467. The van der Waals surface area contributed by atoms with Gasteiger partial charge in [-0.2, -0.15) is 5.10 Å².